The molecule has 1 saturated carbocycles. The molecule has 2 nitrogen and oxygen atoms in total. The van der Waals surface area contributed by atoms with Crippen molar-refractivity contribution in [3.05, 3.63) is 33.3 Å². The van der Waals surface area contributed by atoms with E-state index in [1.165, 1.54) is 0 Å². The van der Waals surface area contributed by atoms with Gasteiger partial charge in [0, 0.05) is 4.47 Å². The number of hydrogen-bond donors (Lipinski definition) is 1. The first kappa shape index (κ1) is 12.9. The summed E-state index contributed by atoms with van der Waals surface area (Å²) in [6.07, 6.45) is 4.28. The maximum Gasteiger partial charge on any atom is 0.311 e. The summed E-state index contributed by atoms with van der Waals surface area (Å²) in [5.74, 6) is -0.900. The van der Waals surface area contributed by atoms with Crippen LogP contribution in [0.3, 0.4) is 0 Å². The van der Waals surface area contributed by atoms with Crippen molar-refractivity contribution in [1.82, 2.24) is 0 Å². The highest BCUT2D eigenvalue weighted by Gasteiger charge is 2.32. The van der Waals surface area contributed by atoms with Crippen LogP contribution in [0.1, 0.15) is 37.2 Å². The van der Waals surface area contributed by atoms with Crippen LogP contribution in [0.25, 0.3) is 0 Å². The van der Waals surface area contributed by atoms with Crippen LogP contribution in [0.5, 0.6) is 0 Å². The van der Waals surface area contributed by atoms with Crippen LogP contribution in [0.4, 0.5) is 0 Å². The van der Waals surface area contributed by atoms with Gasteiger partial charge in [0.1, 0.15) is 0 Å². The number of hydrogen-bond acceptors (Lipinski definition) is 1. The van der Waals surface area contributed by atoms with E-state index in [0.29, 0.717) is 5.02 Å². The molecule has 0 bridgehead atoms. The van der Waals surface area contributed by atoms with Gasteiger partial charge in [-0.2, -0.15) is 0 Å². The molecule has 17 heavy (non-hydrogen) atoms. The SMILES string of the molecule is O=C(O)C(c1ccc(Br)c(Cl)c1)C1CCCC1. The monoisotopic (exact) mass is 316 g/mol. The standard InChI is InChI=1S/C13H14BrClO2/c14-10-6-5-9(7-11(10)15)12(13(16)17)8-3-1-2-4-8/h5-8,12H,1-4H2,(H,16,17). The zero-order chi connectivity index (χ0) is 12.4. The van der Waals surface area contributed by atoms with Crippen molar-refractivity contribution in [2.75, 3.05) is 0 Å². The Morgan fingerprint density at radius 2 is 2.06 bits per heavy atom. The minimum atomic E-state index is -0.740. The van der Waals surface area contributed by atoms with E-state index in [4.69, 9.17) is 11.6 Å². The van der Waals surface area contributed by atoms with Gasteiger partial charge in [-0.1, -0.05) is 30.5 Å². The number of rotatable bonds is 3. The lowest BCUT2D eigenvalue weighted by molar-refractivity contribution is -0.140. The van der Waals surface area contributed by atoms with Crippen LogP contribution in [0.2, 0.25) is 5.02 Å². The summed E-state index contributed by atoms with van der Waals surface area (Å²) in [6.45, 7) is 0. The zero-order valence-corrected chi connectivity index (χ0v) is 11.7. The molecule has 0 saturated heterocycles. The molecule has 4 heteroatoms. The zero-order valence-electron chi connectivity index (χ0n) is 9.33. The first-order chi connectivity index (χ1) is 8.09. The third kappa shape index (κ3) is 2.83. The summed E-state index contributed by atoms with van der Waals surface area (Å²) >= 11 is 9.35. The van der Waals surface area contributed by atoms with Gasteiger partial charge in [0.25, 0.3) is 0 Å². The molecule has 1 atom stereocenters. The van der Waals surface area contributed by atoms with Gasteiger partial charge >= 0.3 is 5.97 Å². The molecule has 0 aliphatic heterocycles. The smallest absolute Gasteiger partial charge is 0.311 e. The van der Waals surface area contributed by atoms with Crippen LogP contribution < -0.4 is 0 Å². The molecule has 0 aromatic heterocycles. The molecule has 92 valence electrons. The molecular weight excluding hydrogens is 303 g/mol. The van der Waals surface area contributed by atoms with Crippen LogP contribution >= 0.6 is 27.5 Å². The molecule has 1 aromatic carbocycles. The average molecular weight is 318 g/mol. The van der Waals surface area contributed by atoms with Gasteiger partial charge in [0.2, 0.25) is 0 Å². The predicted octanol–water partition coefficient (Wildman–Crippen LogP) is 4.46. The Kier molecular flexibility index (Phi) is 4.10. The molecule has 1 fully saturated rings. The molecule has 0 spiro atoms. The highest BCUT2D eigenvalue weighted by molar-refractivity contribution is 9.10. The first-order valence-electron chi connectivity index (χ1n) is 5.77. The van der Waals surface area contributed by atoms with Crippen LogP contribution in [0.15, 0.2) is 22.7 Å². The van der Waals surface area contributed by atoms with E-state index in [9.17, 15) is 9.90 Å². The Morgan fingerprint density at radius 3 is 2.59 bits per heavy atom. The second kappa shape index (κ2) is 5.40. The van der Waals surface area contributed by atoms with Crippen molar-refractivity contribution in [2.24, 2.45) is 5.92 Å². The Hall–Kier alpha value is -0.540. The topological polar surface area (TPSA) is 37.3 Å². The van der Waals surface area contributed by atoms with E-state index in [0.717, 1.165) is 35.7 Å². The number of halogens is 2. The fourth-order valence-corrected chi connectivity index (χ4v) is 3.05. The number of aliphatic carboxylic acids is 1. The molecule has 2 rings (SSSR count). The van der Waals surface area contributed by atoms with E-state index in [-0.39, 0.29) is 5.92 Å². The van der Waals surface area contributed by atoms with Gasteiger partial charge < -0.3 is 5.11 Å². The molecule has 1 aromatic rings. The molecule has 0 amide bonds. The summed E-state index contributed by atoms with van der Waals surface area (Å²) in [5.41, 5.74) is 0.817. The largest absolute Gasteiger partial charge is 0.481 e. The first-order valence-corrected chi connectivity index (χ1v) is 6.94. The summed E-state index contributed by atoms with van der Waals surface area (Å²) in [4.78, 5) is 11.4. The minimum absolute atomic E-state index is 0.254. The van der Waals surface area contributed by atoms with E-state index in [1.54, 1.807) is 6.07 Å². The third-order valence-corrected chi connectivity index (χ3v) is 4.67. The number of carboxylic acids is 1. The quantitative estimate of drug-likeness (QED) is 0.893. The van der Waals surface area contributed by atoms with Gasteiger partial charge in [0.05, 0.1) is 10.9 Å². The fourth-order valence-electron chi connectivity index (χ4n) is 2.61. The fraction of sp³-hybridized carbons (Fsp3) is 0.462. The minimum Gasteiger partial charge on any atom is -0.481 e. The maximum atomic E-state index is 11.4. The second-order valence-corrected chi connectivity index (χ2v) is 5.80. The van der Waals surface area contributed by atoms with Gasteiger partial charge in [-0.05, 0) is 52.4 Å². The van der Waals surface area contributed by atoms with Crippen molar-refractivity contribution in [1.29, 1.82) is 0 Å². The Labute approximate surface area is 114 Å². The second-order valence-electron chi connectivity index (χ2n) is 4.53. The molecule has 1 N–H and O–H groups in total. The van der Waals surface area contributed by atoms with Crippen molar-refractivity contribution in [3.8, 4) is 0 Å². The van der Waals surface area contributed by atoms with Gasteiger partial charge in [0.15, 0.2) is 0 Å². The molecule has 1 aliphatic rings. The summed E-state index contributed by atoms with van der Waals surface area (Å²) < 4.78 is 0.804. The molecule has 1 unspecified atom stereocenters. The Morgan fingerprint density at radius 1 is 1.41 bits per heavy atom. The molecule has 0 radical (unpaired) electrons. The normalized spacial score (nSPS) is 18.2. The van der Waals surface area contributed by atoms with Crippen molar-refractivity contribution in [3.63, 3.8) is 0 Å². The lowest BCUT2D eigenvalue weighted by Gasteiger charge is -2.20. The van der Waals surface area contributed by atoms with E-state index >= 15 is 0 Å². The van der Waals surface area contributed by atoms with Gasteiger partial charge in [-0.25, -0.2) is 0 Å². The molecule has 0 heterocycles. The Bertz CT molecular complexity index is 427. The summed E-state index contributed by atoms with van der Waals surface area (Å²) in [6, 6.07) is 5.44. The van der Waals surface area contributed by atoms with Crippen molar-refractivity contribution >= 4 is 33.5 Å². The number of carboxylic acid groups (broad SMARTS) is 1. The summed E-state index contributed by atoms with van der Waals surface area (Å²) in [5, 5.41) is 9.97. The number of benzene rings is 1. The van der Waals surface area contributed by atoms with Gasteiger partial charge in [-0.15, -0.1) is 0 Å². The summed E-state index contributed by atoms with van der Waals surface area (Å²) in [7, 11) is 0. The van der Waals surface area contributed by atoms with E-state index < -0.39 is 11.9 Å². The van der Waals surface area contributed by atoms with Crippen molar-refractivity contribution < 1.29 is 9.90 Å². The van der Waals surface area contributed by atoms with E-state index in [1.807, 2.05) is 12.1 Å². The highest BCUT2D eigenvalue weighted by Crippen LogP contribution is 2.39. The molecule has 1 aliphatic carbocycles. The maximum absolute atomic E-state index is 11.4. The van der Waals surface area contributed by atoms with Gasteiger partial charge in [-0.3, -0.25) is 4.79 Å². The van der Waals surface area contributed by atoms with Crippen LogP contribution in [-0.2, 0) is 4.79 Å². The predicted molar refractivity (Wildman–Crippen MR) is 71.5 cm³/mol. The lowest BCUT2D eigenvalue weighted by Crippen LogP contribution is -2.19. The Balaban J connectivity index is 2.31. The average Bonchev–Trinajstić information content (AvgIpc) is 2.76. The third-order valence-electron chi connectivity index (χ3n) is 3.44. The van der Waals surface area contributed by atoms with Crippen LogP contribution in [-0.4, -0.2) is 11.1 Å². The van der Waals surface area contributed by atoms with Crippen molar-refractivity contribution in [2.45, 2.75) is 31.6 Å². The van der Waals surface area contributed by atoms with E-state index in [2.05, 4.69) is 15.9 Å². The number of carbonyl (C=O) groups is 1. The van der Waals surface area contributed by atoms with Crippen LogP contribution in [0, 0.1) is 5.92 Å². The highest BCUT2D eigenvalue weighted by atomic mass is 79.9. The lowest BCUT2D eigenvalue weighted by atomic mass is 9.85. The molecular formula is C13H14BrClO2.